The summed E-state index contributed by atoms with van der Waals surface area (Å²) in [7, 11) is 0. The highest BCUT2D eigenvalue weighted by molar-refractivity contribution is 5.82. The van der Waals surface area contributed by atoms with Gasteiger partial charge in [0.2, 0.25) is 11.7 Å². The number of nitrogens with two attached hydrogens (primary N) is 1. The van der Waals surface area contributed by atoms with E-state index in [1.807, 2.05) is 18.2 Å². The first-order valence-electron chi connectivity index (χ1n) is 4.83. The second kappa shape index (κ2) is 3.42. The van der Waals surface area contributed by atoms with Gasteiger partial charge in [-0.25, -0.2) is 0 Å². The molecule has 0 bridgehead atoms. The lowest BCUT2D eigenvalue weighted by Gasteiger charge is -1.93. The molecule has 1 aromatic carbocycles. The average Bonchev–Trinajstić information content (AvgIpc) is 2.96. The van der Waals surface area contributed by atoms with Crippen LogP contribution >= 0.6 is 0 Å². The molecule has 0 fully saturated rings. The third kappa shape index (κ3) is 1.36. The van der Waals surface area contributed by atoms with Gasteiger partial charge in [0.1, 0.15) is 0 Å². The van der Waals surface area contributed by atoms with E-state index in [-0.39, 0.29) is 6.54 Å². The molecule has 3 N–H and O–H groups in total. The van der Waals surface area contributed by atoms with E-state index in [0.29, 0.717) is 11.7 Å². The van der Waals surface area contributed by atoms with Crippen LogP contribution in [-0.2, 0) is 6.54 Å². The van der Waals surface area contributed by atoms with Gasteiger partial charge in [0.05, 0.1) is 18.3 Å². The van der Waals surface area contributed by atoms with Gasteiger partial charge in [-0.15, -0.1) is 0 Å². The second-order valence-electron chi connectivity index (χ2n) is 3.39. The van der Waals surface area contributed by atoms with E-state index in [1.165, 1.54) is 0 Å². The van der Waals surface area contributed by atoms with Gasteiger partial charge in [-0.3, -0.25) is 5.10 Å². The van der Waals surface area contributed by atoms with E-state index in [9.17, 15) is 0 Å². The summed E-state index contributed by atoms with van der Waals surface area (Å²) in [5, 5.41) is 11.7. The predicted molar refractivity (Wildman–Crippen MR) is 57.3 cm³/mol. The summed E-state index contributed by atoms with van der Waals surface area (Å²) in [6.45, 7) is 0.251. The number of hydrogen-bond donors (Lipinski definition) is 2. The van der Waals surface area contributed by atoms with Gasteiger partial charge in [0, 0.05) is 10.9 Å². The molecule has 0 aliphatic heterocycles. The first kappa shape index (κ1) is 9.05. The van der Waals surface area contributed by atoms with E-state index >= 15 is 0 Å². The predicted octanol–water partition coefficient (Wildman–Crippen LogP) is 1.07. The van der Waals surface area contributed by atoms with Crippen LogP contribution < -0.4 is 5.73 Å². The molecule has 0 saturated carbocycles. The first-order valence-corrected chi connectivity index (χ1v) is 4.83. The average molecular weight is 215 g/mol. The number of nitrogens with zero attached hydrogens (tertiary/aromatic N) is 3. The van der Waals surface area contributed by atoms with Crippen molar-refractivity contribution in [2.45, 2.75) is 6.54 Å². The minimum Gasteiger partial charge on any atom is -0.338 e. The van der Waals surface area contributed by atoms with Crippen molar-refractivity contribution in [1.29, 1.82) is 0 Å². The summed E-state index contributed by atoms with van der Waals surface area (Å²) in [5.41, 5.74) is 7.27. The Labute approximate surface area is 90.5 Å². The van der Waals surface area contributed by atoms with Gasteiger partial charge < -0.3 is 10.3 Å². The number of H-pyrrole nitrogens is 1. The van der Waals surface area contributed by atoms with Gasteiger partial charge in [0.15, 0.2) is 0 Å². The Hall–Kier alpha value is -2.21. The van der Waals surface area contributed by atoms with Crippen LogP contribution in [0.1, 0.15) is 5.89 Å². The monoisotopic (exact) mass is 215 g/mol. The number of benzene rings is 1. The van der Waals surface area contributed by atoms with E-state index in [2.05, 4.69) is 20.3 Å². The summed E-state index contributed by atoms with van der Waals surface area (Å²) in [5.74, 6) is 0.978. The third-order valence-electron chi connectivity index (χ3n) is 2.34. The number of rotatable bonds is 2. The highest BCUT2D eigenvalue weighted by atomic mass is 16.5. The third-order valence-corrected chi connectivity index (χ3v) is 2.34. The fourth-order valence-electron chi connectivity index (χ4n) is 1.54. The molecule has 16 heavy (non-hydrogen) atoms. The Bertz CT molecular complexity index is 627. The molecule has 0 atom stereocenters. The molecule has 6 nitrogen and oxygen atoms in total. The van der Waals surface area contributed by atoms with Crippen LogP contribution in [0.3, 0.4) is 0 Å². The largest absolute Gasteiger partial charge is 0.338 e. The highest BCUT2D eigenvalue weighted by Gasteiger charge is 2.08. The van der Waals surface area contributed by atoms with Gasteiger partial charge in [-0.1, -0.05) is 5.16 Å². The minimum atomic E-state index is 0.251. The van der Waals surface area contributed by atoms with Crippen LogP contribution in [-0.4, -0.2) is 20.3 Å². The molecule has 0 aliphatic carbocycles. The molecular weight excluding hydrogens is 206 g/mol. The smallest absolute Gasteiger partial charge is 0.240 e. The topological polar surface area (TPSA) is 93.6 Å². The maximum Gasteiger partial charge on any atom is 0.240 e. The number of hydrogen-bond acceptors (Lipinski definition) is 5. The number of aromatic amines is 1. The molecule has 0 aliphatic rings. The Morgan fingerprint density at radius 1 is 1.38 bits per heavy atom. The molecule has 0 saturated heterocycles. The zero-order valence-corrected chi connectivity index (χ0v) is 8.34. The lowest BCUT2D eigenvalue weighted by molar-refractivity contribution is 0.380. The maximum atomic E-state index is 5.40. The molecule has 6 heteroatoms. The quantitative estimate of drug-likeness (QED) is 0.666. The van der Waals surface area contributed by atoms with Crippen LogP contribution in [0.5, 0.6) is 0 Å². The standard InChI is InChI=1S/C10H9N5O/c11-4-9-13-10(15-16-9)6-1-2-8-7(3-6)5-12-14-8/h1-3,5H,4,11H2,(H,12,14). The summed E-state index contributed by atoms with van der Waals surface area (Å²) < 4.78 is 4.95. The SMILES string of the molecule is NCc1nc(-c2ccc3[nH]ncc3c2)no1. The Kier molecular flexibility index (Phi) is 1.94. The number of fused-ring (bicyclic) bond motifs is 1. The van der Waals surface area contributed by atoms with Crippen molar-refractivity contribution >= 4 is 10.9 Å². The van der Waals surface area contributed by atoms with Gasteiger partial charge in [-0.2, -0.15) is 10.1 Å². The van der Waals surface area contributed by atoms with Crippen molar-refractivity contribution in [2.24, 2.45) is 5.73 Å². The summed E-state index contributed by atoms with van der Waals surface area (Å²) in [4.78, 5) is 4.16. The first-order chi connectivity index (χ1) is 7.86. The lowest BCUT2D eigenvalue weighted by atomic mass is 10.1. The fourth-order valence-corrected chi connectivity index (χ4v) is 1.54. The second-order valence-corrected chi connectivity index (χ2v) is 3.39. The Morgan fingerprint density at radius 2 is 2.31 bits per heavy atom. The molecule has 0 unspecified atom stereocenters. The molecule has 3 rings (SSSR count). The molecule has 0 amide bonds. The van der Waals surface area contributed by atoms with Crippen molar-refractivity contribution in [3.8, 4) is 11.4 Å². The van der Waals surface area contributed by atoms with Crippen LogP contribution in [0, 0.1) is 0 Å². The summed E-state index contributed by atoms with van der Waals surface area (Å²) in [6.07, 6.45) is 1.75. The zero-order chi connectivity index (χ0) is 11.0. The summed E-state index contributed by atoms with van der Waals surface area (Å²) in [6, 6.07) is 5.78. The van der Waals surface area contributed by atoms with Crippen molar-refractivity contribution in [3.63, 3.8) is 0 Å². The van der Waals surface area contributed by atoms with Crippen molar-refractivity contribution in [2.75, 3.05) is 0 Å². The van der Waals surface area contributed by atoms with Crippen LogP contribution in [0.15, 0.2) is 28.9 Å². The van der Waals surface area contributed by atoms with E-state index in [4.69, 9.17) is 10.3 Å². The molecule has 2 aromatic heterocycles. The normalized spacial score (nSPS) is 11.1. The zero-order valence-electron chi connectivity index (χ0n) is 8.34. The van der Waals surface area contributed by atoms with Gasteiger partial charge in [0.25, 0.3) is 0 Å². The lowest BCUT2D eigenvalue weighted by Crippen LogP contribution is -1.95. The molecule has 80 valence electrons. The van der Waals surface area contributed by atoms with Crippen molar-refractivity contribution in [3.05, 3.63) is 30.3 Å². The number of aromatic nitrogens is 4. The summed E-state index contributed by atoms with van der Waals surface area (Å²) >= 11 is 0. The van der Waals surface area contributed by atoms with Crippen LogP contribution in [0.2, 0.25) is 0 Å². The molecule has 0 spiro atoms. The fraction of sp³-hybridized carbons (Fsp3) is 0.100. The Morgan fingerprint density at radius 3 is 3.12 bits per heavy atom. The molecule has 0 radical (unpaired) electrons. The molecule has 2 heterocycles. The van der Waals surface area contributed by atoms with Crippen molar-refractivity contribution in [1.82, 2.24) is 20.3 Å². The Balaban J connectivity index is 2.10. The van der Waals surface area contributed by atoms with Gasteiger partial charge >= 0.3 is 0 Å². The van der Waals surface area contributed by atoms with E-state index in [1.54, 1.807) is 6.20 Å². The van der Waals surface area contributed by atoms with Gasteiger partial charge in [-0.05, 0) is 18.2 Å². The van der Waals surface area contributed by atoms with E-state index < -0.39 is 0 Å². The minimum absolute atomic E-state index is 0.251. The highest BCUT2D eigenvalue weighted by Crippen LogP contribution is 2.20. The van der Waals surface area contributed by atoms with Crippen LogP contribution in [0.25, 0.3) is 22.3 Å². The molecular formula is C10H9N5O. The van der Waals surface area contributed by atoms with E-state index in [0.717, 1.165) is 16.5 Å². The van der Waals surface area contributed by atoms with Crippen LogP contribution in [0.4, 0.5) is 0 Å². The van der Waals surface area contributed by atoms with Crippen molar-refractivity contribution < 1.29 is 4.52 Å². The molecule has 3 aromatic rings. The maximum absolute atomic E-state index is 5.40. The number of nitrogens with one attached hydrogen (secondary N) is 1.